The summed E-state index contributed by atoms with van der Waals surface area (Å²) in [5, 5.41) is 0. The molecule has 1 aliphatic rings. The van der Waals surface area contributed by atoms with Gasteiger partial charge in [0.1, 0.15) is 0 Å². The normalized spacial score (nSPS) is 16.2. The van der Waals surface area contributed by atoms with Gasteiger partial charge < -0.3 is 19.1 Å². The Hall–Kier alpha value is -1.10. The van der Waals surface area contributed by atoms with Crippen molar-refractivity contribution in [1.82, 2.24) is 0 Å². The third kappa shape index (κ3) is 4.43. The van der Waals surface area contributed by atoms with Gasteiger partial charge >= 0.3 is 0 Å². The summed E-state index contributed by atoms with van der Waals surface area (Å²) >= 11 is 0. The molecular formula is C17H27NO3. The monoisotopic (exact) mass is 293 g/mol. The van der Waals surface area contributed by atoms with Crippen molar-refractivity contribution in [2.24, 2.45) is 0 Å². The van der Waals surface area contributed by atoms with Gasteiger partial charge in [0, 0.05) is 31.3 Å². The van der Waals surface area contributed by atoms with Gasteiger partial charge in [-0.3, -0.25) is 0 Å². The van der Waals surface area contributed by atoms with E-state index in [1.807, 2.05) is 0 Å². The number of ether oxygens (including phenoxy) is 3. The van der Waals surface area contributed by atoms with Crippen LogP contribution in [0.25, 0.3) is 0 Å². The first-order chi connectivity index (χ1) is 10.1. The molecule has 4 heteroatoms. The van der Waals surface area contributed by atoms with Gasteiger partial charge in [0.2, 0.25) is 0 Å². The fourth-order valence-electron chi connectivity index (χ4n) is 2.81. The zero-order valence-corrected chi connectivity index (χ0v) is 13.4. The molecule has 0 unspecified atom stereocenters. The molecule has 0 aliphatic carbocycles. The van der Waals surface area contributed by atoms with Crippen molar-refractivity contribution in [2.75, 3.05) is 58.1 Å². The molecule has 1 aromatic carbocycles. The molecule has 0 bridgehead atoms. The number of para-hydroxylation sites is 1. The molecule has 0 spiro atoms. The van der Waals surface area contributed by atoms with Crippen LogP contribution in [0, 0.1) is 0 Å². The number of nitrogens with zero attached hydrogens (tertiary/aromatic N) is 1. The van der Waals surface area contributed by atoms with Crippen molar-refractivity contribution in [3.8, 4) is 0 Å². The quantitative estimate of drug-likeness (QED) is 0.655. The van der Waals surface area contributed by atoms with Crippen LogP contribution in [-0.4, -0.2) is 53.2 Å². The van der Waals surface area contributed by atoms with Crippen LogP contribution >= 0.6 is 0 Å². The Morgan fingerprint density at radius 2 is 1.67 bits per heavy atom. The predicted molar refractivity (Wildman–Crippen MR) is 85.2 cm³/mol. The molecule has 0 saturated carbocycles. The van der Waals surface area contributed by atoms with E-state index in [2.05, 4.69) is 43.0 Å². The average molecular weight is 293 g/mol. The fraction of sp³-hybridized carbons (Fsp3) is 0.647. The van der Waals surface area contributed by atoms with Crippen LogP contribution < -0.4 is 4.90 Å². The maximum atomic E-state index is 5.65. The molecule has 0 aromatic heterocycles. The van der Waals surface area contributed by atoms with Crippen molar-refractivity contribution in [2.45, 2.75) is 19.3 Å². The Labute approximate surface area is 128 Å². The van der Waals surface area contributed by atoms with Crippen LogP contribution in [0.2, 0.25) is 0 Å². The summed E-state index contributed by atoms with van der Waals surface area (Å²) in [6, 6.07) is 8.67. The largest absolute Gasteiger partial charge is 0.382 e. The molecule has 0 N–H and O–H groups in total. The van der Waals surface area contributed by atoms with E-state index in [0.717, 1.165) is 19.7 Å². The molecule has 1 aromatic rings. The van der Waals surface area contributed by atoms with Crippen LogP contribution in [-0.2, 0) is 19.6 Å². The second kappa shape index (κ2) is 7.78. The Morgan fingerprint density at radius 3 is 2.43 bits per heavy atom. The number of anilines is 1. The van der Waals surface area contributed by atoms with E-state index in [1.165, 1.54) is 11.3 Å². The predicted octanol–water partition coefficient (Wildman–Crippen LogP) is 2.46. The van der Waals surface area contributed by atoms with E-state index in [0.29, 0.717) is 26.4 Å². The van der Waals surface area contributed by atoms with Gasteiger partial charge in [-0.1, -0.05) is 32.0 Å². The highest BCUT2D eigenvalue weighted by atomic mass is 16.5. The number of methoxy groups -OCH3 is 1. The number of benzene rings is 1. The van der Waals surface area contributed by atoms with E-state index >= 15 is 0 Å². The van der Waals surface area contributed by atoms with Gasteiger partial charge in [-0.25, -0.2) is 0 Å². The first-order valence-electron chi connectivity index (χ1n) is 7.64. The molecule has 1 aliphatic heterocycles. The SMILES string of the molecule is COCCOCCOCCN1CC(C)(C)c2ccccc21. The Bertz CT molecular complexity index is 434. The zero-order valence-electron chi connectivity index (χ0n) is 13.4. The molecule has 4 nitrogen and oxygen atoms in total. The maximum absolute atomic E-state index is 5.65. The first kappa shape index (κ1) is 16.3. The van der Waals surface area contributed by atoms with Gasteiger partial charge in [-0.15, -0.1) is 0 Å². The molecule has 0 amide bonds. The lowest BCUT2D eigenvalue weighted by molar-refractivity contribution is 0.0264. The highest BCUT2D eigenvalue weighted by Crippen LogP contribution is 2.39. The standard InChI is InChI=1S/C17H27NO3/c1-17(2)14-18(16-7-5-4-6-15(16)17)8-9-20-12-13-21-11-10-19-3/h4-7H,8-14H2,1-3H3. The zero-order chi connectivity index (χ0) is 15.1. The van der Waals surface area contributed by atoms with Crippen molar-refractivity contribution in [3.05, 3.63) is 29.8 Å². The minimum Gasteiger partial charge on any atom is -0.382 e. The number of fused-ring (bicyclic) bond motifs is 1. The third-order valence-corrected chi connectivity index (χ3v) is 3.87. The Balaban J connectivity index is 1.68. The van der Waals surface area contributed by atoms with E-state index in [1.54, 1.807) is 7.11 Å². The second-order valence-electron chi connectivity index (χ2n) is 6.04. The first-order valence-corrected chi connectivity index (χ1v) is 7.64. The van der Waals surface area contributed by atoms with Gasteiger partial charge in [0.15, 0.2) is 0 Å². The van der Waals surface area contributed by atoms with Crippen molar-refractivity contribution < 1.29 is 14.2 Å². The molecular weight excluding hydrogens is 266 g/mol. The van der Waals surface area contributed by atoms with Crippen molar-refractivity contribution in [1.29, 1.82) is 0 Å². The average Bonchev–Trinajstić information content (AvgIpc) is 2.74. The summed E-state index contributed by atoms with van der Waals surface area (Å²) in [5.74, 6) is 0. The smallest absolute Gasteiger partial charge is 0.0701 e. The summed E-state index contributed by atoms with van der Waals surface area (Å²) < 4.78 is 15.9. The molecule has 0 fully saturated rings. The van der Waals surface area contributed by atoms with Crippen LogP contribution in [0.1, 0.15) is 19.4 Å². The van der Waals surface area contributed by atoms with E-state index in [4.69, 9.17) is 14.2 Å². The van der Waals surface area contributed by atoms with Gasteiger partial charge in [-0.05, 0) is 11.6 Å². The van der Waals surface area contributed by atoms with E-state index in [9.17, 15) is 0 Å². The lowest BCUT2D eigenvalue weighted by Gasteiger charge is -2.22. The maximum Gasteiger partial charge on any atom is 0.0701 e. The van der Waals surface area contributed by atoms with Gasteiger partial charge in [0.05, 0.1) is 33.0 Å². The lowest BCUT2D eigenvalue weighted by atomic mass is 9.87. The minimum absolute atomic E-state index is 0.222. The van der Waals surface area contributed by atoms with Crippen LogP contribution in [0.3, 0.4) is 0 Å². The topological polar surface area (TPSA) is 30.9 Å². The fourth-order valence-corrected chi connectivity index (χ4v) is 2.81. The molecule has 0 radical (unpaired) electrons. The lowest BCUT2D eigenvalue weighted by Crippen LogP contribution is -2.31. The van der Waals surface area contributed by atoms with Crippen LogP contribution in [0.5, 0.6) is 0 Å². The van der Waals surface area contributed by atoms with Gasteiger partial charge in [0.25, 0.3) is 0 Å². The van der Waals surface area contributed by atoms with E-state index < -0.39 is 0 Å². The van der Waals surface area contributed by atoms with Crippen LogP contribution in [0.4, 0.5) is 5.69 Å². The number of hydrogen-bond donors (Lipinski definition) is 0. The number of rotatable bonds is 9. The van der Waals surface area contributed by atoms with Crippen LogP contribution in [0.15, 0.2) is 24.3 Å². The van der Waals surface area contributed by atoms with Crippen molar-refractivity contribution in [3.63, 3.8) is 0 Å². The summed E-state index contributed by atoms with van der Waals surface area (Å²) in [4.78, 5) is 2.42. The number of hydrogen-bond acceptors (Lipinski definition) is 4. The molecule has 0 atom stereocenters. The molecule has 0 saturated heterocycles. The summed E-state index contributed by atoms with van der Waals surface area (Å²) in [7, 11) is 1.68. The Morgan fingerprint density at radius 1 is 1.00 bits per heavy atom. The highest BCUT2D eigenvalue weighted by Gasteiger charge is 2.34. The van der Waals surface area contributed by atoms with Gasteiger partial charge in [-0.2, -0.15) is 0 Å². The summed E-state index contributed by atoms with van der Waals surface area (Å²) in [6.45, 7) is 9.87. The molecule has 1 heterocycles. The third-order valence-electron chi connectivity index (χ3n) is 3.87. The highest BCUT2D eigenvalue weighted by molar-refractivity contribution is 5.62. The molecule has 21 heavy (non-hydrogen) atoms. The van der Waals surface area contributed by atoms with Crippen molar-refractivity contribution >= 4 is 5.69 Å². The Kier molecular flexibility index (Phi) is 6.03. The molecule has 2 rings (SSSR count). The van der Waals surface area contributed by atoms with E-state index in [-0.39, 0.29) is 5.41 Å². The summed E-state index contributed by atoms with van der Waals surface area (Å²) in [6.07, 6.45) is 0. The second-order valence-corrected chi connectivity index (χ2v) is 6.04. The minimum atomic E-state index is 0.222. The molecule has 118 valence electrons. The summed E-state index contributed by atoms with van der Waals surface area (Å²) in [5.41, 5.74) is 3.01.